The highest BCUT2D eigenvalue weighted by atomic mass is 32.2. The van der Waals surface area contributed by atoms with Crippen molar-refractivity contribution in [2.24, 2.45) is 11.7 Å². The molecule has 108 valence electrons. The Morgan fingerprint density at radius 1 is 1.28 bits per heavy atom. The Kier molecular flexibility index (Phi) is 6.60. The van der Waals surface area contributed by atoms with Crippen LogP contribution in [0.15, 0.2) is 0 Å². The summed E-state index contributed by atoms with van der Waals surface area (Å²) in [6, 6.07) is 0.242. The summed E-state index contributed by atoms with van der Waals surface area (Å²) in [5.41, 5.74) is 5.43. The van der Waals surface area contributed by atoms with Gasteiger partial charge < -0.3 is 5.73 Å². The van der Waals surface area contributed by atoms with E-state index < -0.39 is 10.0 Å². The van der Waals surface area contributed by atoms with Crippen molar-refractivity contribution in [1.29, 1.82) is 0 Å². The second-order valence-electron chi connectivity index (χ2n) is 5.69. The average molecular weight is 276 g/mol. The fourth-order valence-corrected chi connectivity index (χ4v) is 4.32. The first-order valence-corrected chi connectivity index (χ1v) is 8.78. The van der Waals surface area contributed by atoms with E-state index >= 15 is 0 Å². The molecule has 0 amide bonds. The Morgan fingerprint density at radius 2 is 1.89 bits per heavy atom. The smallest absolute Gasteiger partial charge is 0.214 e. The average Bonchev–Trinajstić information content (AvgIpc) is 2.79. The van der Waals surface area contributed by atoms with E-state index in [2.05, 4.69) is 13.8 Å². The van der Waals surface area contributed by atoms with Crippen molar-refractivity contribution >= 4 is 10.0 Å². The molecule has 0 unspecified atom stereocenters. The van der Waals surface area contributed by atoms with Crippen molar-refractivity contribution in [3.63, 3.8) is 0 Å². The lowest BCUT2D eigenvalue weighted by molar-refractivity contribution is 0.304. The van der Waals surface area contributed by atoms with Gasteiger partial charge in [-0.1, -0.05) is 26.7 Å². The molecule has 4 nitrogen and oxygen atoms in total. The molecule has 1 aliphatic carbocycles. The molecule has 5 heteroatoms. The maximum Gasteiger partial charge on any atom is 0.214 e. The van der Waals surface area contributed by atoms with Crippen LogP contribution in [-0.2, 0) is 10.0 Å². The zero-order valence-corrected chi connectivity index (χ0v) is 12.6. The third kappa shape index (κ3) is 4.86. The fourth-order valence-electron chi connectivity index (χ4n) is 2.51. The third-order valence-corrected chi connectivity index (χ3v) is 5.62. The van der Waals surface area contributed by atoms with Crippen LogP contribution in [0.3, 0.4) is 0 Å². The monoisotopic (exact) mass is 276 g/mol. The Hall–Kier alpha value is -0.130. The first kappa shape index (κ1) is 15.9. The van der Waals surface area contributed by atoms with Crippen LogP contribution in [0.25, 0.3) is 0 Å². The van der Waals surface area contributed by atoms with Gasteiger partial charge in [0, 0.05) is 12.6 Å². The Labute approximate surface area is 112 Å². The quantitative estimate of drug-likeness (QED) is 0.737. The van der Waals surface area contributed by atoms with Gasteiger partial charge in [0.15, 0.2) is 0 Å². The molecule has 0 aromatic heterocycles. The minimum Gasteiger partial charge on any atom is -0.330 e. The van der Waals surface area contributed by atoms with Gasteiger partial charge in [-0.2, -0.15) is 4.31 Å². The number of nitrogens with zero attached hydrogens (tertiary/aromatic N) is 1. The van der Waals surface area contributed by atoms with E-state index in [1.54, 1.807) is 4.31 Å². The van der Waals surface area contributed by atoms with Crippen molar-refractivity contribution < 1.29 is 8.42 Å². The standard InChI is InChI=1S/C13H28N2O2S/c1-12(2)8-10-15(13-6-3-4-7-13)18(16,17)11-5-9-14/h12-13H,3-11,14H2,1-2H3. The van der Waals surface area contributed by atoms with Gasteiger partial charge in [-0.25, -0.2) is 8.42 Å². The molecule has 0 aliphatic heterocycles. The maximum atomic E-state index is 12.4. The van der Waals surface area contributed by atoms with E-state index in [4.69, 9.17) is 5.73 Å². The Balaban J connectivity index is 2.68. The van der Waals surface area contributed by atoms with Gasteiger partial charge in [0.25, 0.3) is 0 Å². The predicted octanol–water partition coefficient (Wildman–Crippen LogP) is 1.96. The van der Waals surface area contributed by atoms with Crippen molar-refractivity contribution in [2.45, 2.75) is 58.4 Å². The largest absolute Gasteiger partial charge is 0.330 e. The van der Waals surface area contributed by atoms with Gasteiger partial charge in [0.05, 0.1) is 5.75 Å². The van der Waals surface area contributed by atoms with Crippen LogP contribution >= 0.6 is 0 Å². The molecule has 0 radical (unpaired) electrons. The number of rotatable bonds is 8. The third-order valence-electron chi connectivity index (χ3n) is 3.62. The van der Waals surface area contributed by atoms with Crippen LogP contribution in [0.5, 0.6) is 0 Å². The molecule has 1 saturated carbocycles. The molecule has 18 heavy (non-hydrogen) atoms. The summed E-state index contributed by atoms with van der Waals surface area (Å²) >= 11 is 0. The van der Waals surface area contributed by atoms with Gasteiger partial charge in [0.1, 0.15) is 0 Å². The lowest BCUT2D eigenvalue weighted by atomic mass is 10.1. The molecule has 0 aromatic rings. The summed E-state index contributed by atoms with van der Waals surface area (Å²) in [5.74, 6) is 0.747. The lowest BCUT2D eigenvalue weighted by Gasteiger charge is -2.28. The van der Waals surface area contributed by atoms with E-state index in [9.17, 15) is 8.42 Å². The highest BCUT2D eigenvalue weighted by molar-refractivity contribution is 7.89. The van der Waals surface area contributed by atoms with Gasteiger partial charge >= 0.3 is 0 Å². The summed E-state index contributed by atoms with van der Waals surface area (Å²) in [6.45, 7) is 5.40. The summed E-state index contributed by atoms with van der Waals surface area (Å²) in [5, 5.41) is 0. The number of nitrogens with two attached hydrogens (primary N) is 1. The highest BCUT2D eigenvalue weighted by Gasteiger charge is 2.31. The molecule has 0 bridgehead atoms. The summed E-state index contributed by atoms with van der Waals surface area (Å²) in [4.78, 5) is 0. The number of hydrogen-bond donors (Lipinski definition) is 1. The zero-order chi connectivity index (χ0) is 13.6. The van der Waals surface area contributed by atoms with E-state index in [-0.39, 0.29) is 11.8 Å². The van der Waals surface area contributed by atoms with Crippen LogP contribution in [0.2, 0.25) is 0 Å². The van der Waals surface area contributed by atoms with Crippen LogP contribution in [0, 0.1) is 5.92 Å². The molecule has 0 heterocycles. The summed E-state index contributed by atoms with van der Waals surface area (Å²) < 4.78 is 26.5. The SMILES string of the molecule is CC(C)CCN(C1CCCC1)S(=O)(=O)CCCN. The fraction of sp³-hybridized carbons (Fsp3) is 1.00. The van der Waals surface area contributed by atoms with Crippen molar-refractivity contribution in [3.8, 4) is 0 Å². The van der Waals surface area contributed by atoms with Crippen molar-refractivity contribution in [2.75, 3.05) is 18.8 Å². The lowest BCUT2D eigenvalue weighted by Crippen LogP contribution is -2.41. The van der Waals surface area contributed by atoms with E-state index in [1.807, 2.05) is 0 Å². The number of hydrogen-bond acceptors (Lipinski definition) is 3. The molecule has 0 spiro atoms. The highest BCUT2D eigenvalue weighted by Crippen LogP contribution is 2.26. The Bertz CT molecular complexity index is 322. The van der Waals surface area contributed by atoms with Crippen LogP contribution in [-0.4, -0.2) is 37.6 Å². The molecule has 1 fully saturated rings. The molecular weight excluding hydrogens is 248 g/mol. The first-order chi connectivity index (χ1) is 8.47. The minimum atomic E-state index is -3.11. The van der Waals surface area contributed by atoms with Crippen LogP contribution in [0.4, 0.5) is 0 Å². The normalized spacial score (nSPS) is 18.1. The van der Waals surface area contributed by atoms with Crippen LogP contribution in [0.1, 0.15) is 52.4 Å². The van der Waals surface area contributed by atoms with Crippen molar-refractivity contribution in [1.82, 2.24) is 4.31 Å². The molecule has 2 N–H and O–H groups in total. The molecule has 0 atom stereocenters. The maximum absolute atomic E-state index is 12.4. The zero-order valence-electron chi connectivity index (χ0n) is 11.8. The first-order valence-electron chi connectivity index (χ1n) is 7.17. The summed E-state index contributed by atoms with van der Waals surface area (Å²) in [7, 11) is -3.11. The predicted molar refractivity (Wildman–Crippen MR) is 75.9 cm³/mol. The van der Waals surface area contributed by atoms with Gasteiger partial charge in [-0.15, -0.1) is 0 Å². The van der Waals surface area contributed by atoms with Crippen molar-refractivity contribution in [3.05, 3.63) is 0 Å². The topological polar surface area (TPSA) is 63.4 Å². The second-order valence-corrected chi connectivity index (χ2v) is 7.73. The van der Waals surface area contributed by atoms with E-state index in [0.717, 1.165) is 32.1 Å². The van der Waals surface area contributed by atoms with Crippen LogP contribution < -0.4 is 5.73 Å². The molecule has 1 aliphatic rings. The Morgan fingerprint density at radius 3 is 2.39 bits per heavy atom. The summed E-state index contributed by atoms with van der Waals surface area (Å²) in [6.07, 6.45) is 5.88. The molecule has 0 aromatic carbocycles. The van der Waals surface area contributed by atoms with Gasteiger partial charge in [0.2, 0.25) is 10.0 Å². The molecule has 0 saturated heterocycles. The molecular formula is C13H28N2O2S. The second kappa shape index (κ2) is 7.46. The van der Waals surface area contributed by atoms with Gasteiger partial charge in [-0.05, 0) is 38.1 Å². The minimum absolute atomic E-state index is 0.206. The van der Waals surface area contributed by atoms with E-state index in [0.29, 0.717) is 25.4 Å². The number of sulfonamides is 1. The molecule has 1 rings (SSSR count). The van der Waals surface area contributed by atoms with E-state index in [1.165, 1.54) is 0 Å². The van der Waals surface area contributed by atoms with Gasteiger partial charge in [-0.3, -0.25) is 0 Å².